The van der Waals surface area contributed by atoms with Crippen molar-refractivity contribution in [2.45, 2.75) is 6.54 Å². The van der Waals surface area contributed by atoms with E-state index in [9.17, 15) is 4.39 Å². The van der Waals surface area contributed by atoms with Crippen LogP contribution in [0.15, 0.2) is 60.7 Å². The van der Waals surface area contributed by atoms with Crippen molar-refractivity contribution in [1.82, 2.24) is 0 Å². The molecule has 0 spiro atoms. The van der Waals surface area contributed by atoms with Gasteiger partial charge in [0.2, 0.25) is 0 Å². The Balaban J connectivity index is 1.87. The van der Waals surface area contributed by atoms with Crippen molar-refractivity contribution in [1.29, 1.82) is 0 Å². The van der Waals surface area contributed by atoms with Crippen LogP contribution in [0.1, 0.15) is 5.56 Å². The molecule has 0 aromatic heterocycles. The van der Waals surface area contributed by atoms with Gasteiger partial charge in [0.15, 0.2) is 0 Å². The third-order valence-electron chi connectivity index (χ3n) is 3.27. The van der Waals surface area contributed by atoms with E-state index in [0.29, 0.717) is 17.1 Å². The SMILES string of the molecule is Fc1cc(Cl)ccc1CNc1cccc2ccccc12. The summed E-state index contributed by atoms with van der Waals surface area (Å²) < 4.78 is 13.7. The summed E-state index contributed by atoms with van der Waals surface area (Å²) in [6, 6.07) is 18.9. The zero-order valence-corrected chi connectivity index (χ0v) is 11.5. The lowest BCUT2D eigenvalue weighted by atomic mass is 10.1. The van der Waals surface area contributed by atoms with E-state index in [-0.39, 0.29) is 5.82 Å². The molecule has 3 aromatic rings. The topological polar surface area (TPSA) is 12.0 Å². The molecule has 3 heteroatoms. The number of anilines is 1. The lowest BCUT2D eigenvalue weighted by Crippen LogP contribution is -2.02. The smallest absolute Gasteiger partial charge is 0.129 e. The van der Waals surface area contributed by atoms with E-state index in [1.54, 1.807) is 12.1 Å². The highest BCUT2D eigenvalue weighted by atomic mass is 35.5. The Labute approximate surface area is 122 Å². The summed E-state index contributed by atoms with van der Waals surface area (Å²) in [6.45, 7) is 0.428. The summed E-state index contributed by atoms with van der Waals surface area (Å²) in [5, 5.41) is 5.98. The molecule has 0 heterocycles. The van der Waals surface area contributed by atoms with Crippen molar-refractivity contribution < 1.29 is 4.39 Å². The molecule has 1 N–H and O–H groups in total. The van der Waals surface area contributed by atoms with Gasteiger partial charge in [0.05, 0.1) is 0 Å². The van der Waals surface area contributed by atoms with Crippen molar-refractivity contribution >= 4 is 28.1 Å². The Morgan fingerprint density at radius 1 is 0.950 bits per heavy atom. The molecule has 1 nitrogen and oxygen atoms in total. The second kappa shape index (κ2) is 5.51. The van der Waals surface area contributed by atoms with Gasteiger partial charge >= 0.3 is 0 Å². The van der Waals surface area contributed by atoms with Crippen LogP contribution in [0.4, 0.5) is 10.1 Å². The van der Waals surface area contributed by atoms with Crippen molar-refractivity contribution in [2.75, 3.05) is 5.32 Å². The number of halogens is 2. The Hall–Kier alpha value is -2.06. The zero-order chi connectivity index (χ0) is 13.9. The summed E-state index contributed by atoms with van der Waals surface area (Å²) in [5.74, 6) is -0.287. The fraction of sp³-hybridized carbons (Fsp3) is 0.0588. The second-order valence-electron chi connectivity index (χ2n) is 4.62. The van der Waals surface area contributed by atoms with E-state index in [1.807, 2.05) is 24.3 Å². The van der Waals surface area contributed by atoms with E-state index < -0.39 is 0 Å². The third-order valence-corrected chi connectivity index (χ3v) is 3.51. The van der Waals surface area contributed by atoms with Crippen LogP contribution in [-0.2, 0) is 6.54 Å². The molecule has 0 aliphatic heterocycles. The molecule has 100 valence electrons. The highest BCUT2D eigenvalue weighted by molar-refractivity contribution is 6.30. The number of benzene rings is 3. The molecule has 0 unspecified atom stereocenters. The van der Waals surface area contributed by atoms with Crippen LogP contribution in [0, 0.1) is 5.82 Å². The number of hydrogen-bond donors (Lipinski definition) is 1. The number of nitrogens with one attached hydrogen (secondary N) is 1. The van der Waals surface area contributed by atoms with Gasteiger partial charge in [-0.15, -0.1) is 0 Å². The van der Waals surface area contributed by atoms with E-state index in [1.165, 1.54) is 6.07 Å². The predicted molar refractivity (Wildman–Crippen MR) is 82.7 cm³/mol. The molecule has 3 aromatic carbocycles. The molecule has 0 radical (unpaired) electrons. The molecule has 0 bridgehead atoms. The summed E-state index contributed by atoms with van der Waals surface area (Å²) in [4.78, 5) is 0. The van der Waals surface area contributed by atoms with E-state index in [2.05, 4.69) is 23.5 Å². The largest absolute Gasteiger partial charge is 0.380 e. The first-order valence-corrected chi connectivity index (χ1v) is 6.77. The van der Waals surface area contributed by atoms with Gasteiger partial charge in [-0.25, -0.2) is 4.39 Å². The molecule has 20 heavy (non-hydrogen) atoms. The quantitative estimate of drug-likeness (QED) is 0.693. The average molecular weight is 286 g/mol. The van der Waals surface area contributed by atoms with Gasteiger partial charge in [0, 0.05) is 28.2 Å². The fourth-order valence-corrected chi connectivity index (χ4v) is 2.39. The maximum atomic E-state index is 13.7. The first-order chi connectivity index (χ1) is 9.74. The standard InChI is InChI=1S/C17H13ClFN/c18-14-9-8-13(16(19)10-14)11-20-17-7-3-5-12-4-1-2-6-15(12)17/h1-10,20H,11H2. The van der Waals surface area contributed by atoms with E-state index in [0.717, 1.165) is 16.5 Å². The third kappa shape index (κ3) is 2.61. The second-order valence-corrected chi connectivity index (χ2v) is 5.05. The van der Waals surface area contributed by atoms with E-state index >= 15 is 0 Å². The van der Waals surface area contributed by atoms with Crippen molar-refractivity contribution in [3.8, 4) is 0 Å². The highest BCUT2D eigenvalue weighted by Gasteiger charge is 2.04. The Morgan fingerprint density at radius 3 is 2.60 bits per heavy atom. The Bertz CT molecular complexity index is 750. The summed E-state index contributed by atoms with van der Waals surface area (Å²) in [5.41, 5.74) is 1.60. The molecule has 0 amide bonds. The van der Waals surface area contributed by atoms with Crippen LogP contribution in [0.2, 0.25) is 5.02 Å². The summed E-state index contributed by atoms with van der Waals surface area (Å²) in [7, 11) is 0. The molecule has 0 aliphatic rings. The Morgan fingerprint density at radius 2 is 1.75 bits per heavy atom. The molecular weight excluding hydrogens is 273 g/mol. The zero-order valence-electron chi connectivity index (χ0n) is 10.7. The van der Waals surface area contributed by atoms with Crippen molar-refractivity contribution in [2.24, 2.45) is 0 Å². The van der Waals surface area contributed by atoms with Gasteiger partial charge in [0.25, 0.3) is 0 Å². The molecule has 0 saturated carbocycles. The van der Waals surface area contributed by atoms with Gasteiger partial charge in [-0.2, -0.15) is 0 Å². The summed E-state index contributed by atoms with van der Waals surface area (Å²) >= 11 is 5.75. The normalized spacial score (nSPS) is 10.7. The molecule has 0 saturated heterocycles. The summed E-state index contributed by atoms with van der Waals surface area (Å²) in [6.07, 6.45) is 0. The minimum absolute atomic E-state index is 0.287. The maximum Gasteiger partial charge on any atom is 0.129 e. The van der Waals surface area contributed by atoms with Gasteiger partial charge in [-0.3, -0.25) is 0 Å². The van der Waals surface area contributed by atoms with Crippen LogP contribution in [0.5, 0.6) is 0 Å². The number of hydrogen-bond acceptors (Lipinski definition) is 1. The fourth-order valence-electron chi connectivity index (χ4n) is 2.24. The average Bonchev–Trinajstić information content (AvgIpc) is 2.46. The van der Waals surface area contributed by atoms with Crippen LogP contribution < -0.4 is 5.32 Å². The van der Waals surface area contributed by atoms with Gasteiger partial charge in [-0.05, 0) is 23.6 Å². The minimum Gasteiger partial charge on any atom is -0.380 e. The molecule has 0 atom stereocenters. The lowest BCUT2D eigenvalue weighted by molar-refractivity contribution is 0.613. The lowest BCUT2D eigenvalue weighted by Gasteiger charge is -2.10. The van der Waals surface area contributed by atoms with Crippen molar-refractivity contribution in [3.05, 3.63) is 77.1 Å². The van der Waals surface area contributed by atoms with Crippen LogP contribution in [-0.4, -0.2) is 0 Å². The molecule has 0 fully saturated rings. The molecule has 0 aliphatic carbocycles. The van der Waals surface area contributed by atoms with Gasteiger partial charge < -0.3 is 5.32 Å². The molecular formula is C17H13ClFN. The predicted octanol–water partition coefficient (Wildman–Crippen LogP) is 5.24. The van der Waals surface area contributed by atoms with Crippen LogP contribution >= 0.6 is 11.6 Å². The monoisotopic (exact) mass is 285 g/mol. The van der Waals surface area contributed by atoms with Crippen LogP contribution in [0.3, 0.4) is 0 Å². The van der Waals surface area contributed by atoms with Gasteiger partial charge in [0.1, 0.15) is 5.82 Å². The first kappa shape index (κ1) is 12.9. The highest BCUT2D eigenvalue weighted by Crippen LogP contribution is 2.24. The maximum absolute atomic E-state index is 13.7. The Kier molecular flexibility index (Phi) is 3.57. The first-order valence-electron chi connectivity index (χ1n) is 6.39. The minimum atomic E-state index is -0.287. The van der Waals surface area contributed by atoms with Gasteiger partial charge in [-0.1, -0.05) is 54.1 Å². The van der Waals surface area contributed by atoms with Crippen molar-refractivity contribution in [3.63, 3.8) is 0 Å². The molecule has 3 rings (SSSR count). The van der Waals surface area contributed by atoms with E-state index in [4.69, 9.17) is 11.6 Å². The number of rotatable bonds is 3. The van der Waals surface area contributed by atoms with Crippen LogP contribution in [0.25, 0.3) is 10.8 Å². The number of fused-ring (bicyclic) bond motifs is 1.